The molecule has 0 bridgehead atoms. The summed E-state index contributed by atoms with van der Waals surface area (Å²) >= 11 is 0. The number of nitrogens with one attached hydrogen (secondary N) is 3. The summed E-state index contributed by atoms with van der Waals surface area (Å²) < 4.78 is 28.8. The number of hydrogen-bond acceptors (Lipinski definition) is 7. The maximum Gasteiger partial charge on any atom is 0.408 e. The molecule has 4 atom stereocenters. The number of aliphatic hydroxyl groups excluding tert-OH is 1. The number of rotatable bonds is 16. The van der Waals surface area contributed by atoms with Gasteiger partial charge in [-0.05, 0) is 42.6 Å². The fourth-order valence-corrected chi connectivity index (χ4v) is 4.97. The van der Waals surface area contributed by atoms with E-state index in [0.29, 0.717) is 19.3 Å². The van der Waals surface area contributed by atoms with Gasteiger partial charge in [-0.25, -0.2) is 13.2 Å². The van der Waals surface area contributed by atoms with Gasteiger partial charge in [-0.3, -0.25) is 9.59 Å². The second kappa shape index (κ2) is 16.4. The number of sulfone groups is 1. The molecule has 1 rings (SSSR count). The van der Waals surface area contributed by atoms with Gasteiger partial charge < -0.3 is 25.8 Å². The van der Waals surface area contributed by atoms with E-state index in [1.54, 1.807) is 0 Å². The summed E-state index contributed by atoms with van der Waals surface area (Å²) in [4.78, 5) is 39.1. The van der Waals surface area contributed by atoms with Crippen molar-refractivity contribution in [2.24, 2.45) is 17.8 Å². The van der Waals surface area contributed by atoms with Crippen molar-refractivity contribution in [3.8, 4) is 0 Å². The maximum absolute atomic E-state index is 13.3. The molecule has 0 aliphatic rings. The molecular formula is C28H47N3O7S. The lowest BCUT2D eigenvalue weighted by atomic mass is 9.97. The predicted molar refractivity (Wildman–Crippen MR) is 151 cm³/mol. The lowest BCUT2D eigenvalue weighted by molar-refractivity contribution is -0.131. The molecule has 0 spiro atoms. The highest BCUT2D eigenvalue weighted by Gasteiger charge is 2.32. The number of benzene rings is 1. The van der Waals surface area contributed by atoms with Gasteiger partial charge in [-0.1, -0.05) is 71.9 Å². The standard InChI is InChI=1S/C28H47N3O7S/c1-18(2)13-22(25(32)17-39(7,36)37)29-26(33)23(14-19(3)4)30-27(34)24(15-20(5)6)31-28(35)38-16-21-11-9-8-10-12-21/h8-12,18-20,22-25,32H,13-17H2,1-7H3,(H,29,33)(H,30,34)(H,31,35)/t22-,23-,24-,25-/m0/s1. The predicted octanol–water partition coefficient (Wildman–Crippen LogP) is 2.79. The number of ether oxygens (including phenoxy) is 1. The van der Waals surface area contributed by atoms with Gasteiger partial charge in [-0.15, -0.1) is 0 Å². The van der Waals surface area contributed by atoms with E-state index in [9.17, 15) is 27.9 Å². The quantitative estimate of drug-likeness (QED) is 0.239. The molecule has 1 aromatic rings. The third-order valence-corrected chi connectivity index (χ3v) is 6.81. The molecule has 0 saturated carbocycles. The average molecular weight is 570 g/mol. The number of hydrogen-bond donors (Lipinski definition) is 4. The van der Waals surface area contributed by atoms with Crippen LogP contribution in [0.25, 0.3) is 0 Å². The van der Waals surface area contributed by atoms with E-state index < -0.39 is 57.7 Å². The first-order chi connectivity index (χ1) is 18.1. The molecule has 4 N–H and O–H groups in total. The largest absolute Gasteiger partial charge is 0.445 e. The summed E-state index contributed by atoms with van der Waals surface area (Å²) in [7, 11) is -3.48. The van der Waals surface area contributed by atoms with Gasteiger partial charge in [0, 0.05) is 6.26 Å². The molecule has 10 nitrogen and oxygen atoms in total. The highest BCUT2D eigenvalue weighted by Crippen LogP contribution is 2.13. The highest BCUT2D eigenvalue weighted by atomic mass is 32.2. The number of carbonyl (C=O) groups is 3. The van der Waals surface area contributed by atoms with Crippen molar-refractivity contribution in [1.29, 1.82) is 0 Å². The molecule has 0 radical (unpaired) electrons. The van der Waals surface area contributed by atoms with Crippen LogP contribution in [0.15, 0.2) is 30.3 Å². The van der Waals surface area contributed by atoms with Gasteiger partial charge in [0.25, 0.3) is 0 Å². The minimum absolute atomic E-state index is 0.0397. The Labute approximate surface area is 233 Å². The number of amides is 3. The van der Waals surface area contributed by atoms with Crippen LogP contribution in [0.5, 0.6) is 0 Å². The molecule has 0 aliphatic carbocycles. The van der Waals surface area contributed by atoms with Crippen LogP contribution in [0.2, 0.25) is 0 Å². The van der Waals surface area contributed by atoms with Crippen molar-refractivity contribution in [2.45, 2.75) is 91.6 Å². The molecule has 0 heterocycles. The molecule has 0 fully saturated rings. The van der Waals surface area contributed by atoms with Crippen LogP contribution in [0.4, 0.5) is 4.79 Å². The first kappa shape index (κ1) is 34.4. The van der Waals surface area contributed by atoms with Crippen molar-refractivity contribution < 1.29 is 32.6 Å². The van der Waals surface area contributed by atoms with Crippen molar-refractivity contribution in [3.05, 3.63) is 35.9 Å². The summed E-state index contributed by atoms with van der Waals surface area (Å²) in [6, 6.07) is 6.46. The Morgan fingerprint density at radius 3 is 1.77 bits per heavy atom. The molecule has 3 amide bonds. The monoisotopic (exact) mass is 569 g/mol. The van der Waals surface area contributed by atoms with E-state index in [2.05, 4.69) is 16.0 Å². The Bertz CT molecular complexity index is 1010. The van der Waals surface area contributed by atoms with Crippen LogP contribution in [0.3, 0.4) is 0 Å². The first-order valence-electron chi connectivity index (χ1n) is 13.5. The van der Waals surface area contributed by atoms with Gasteiger partial charge in [0.2, 0.25) is 11.8 Å². The van der Waals surface area contributed by atoms with Crippen molar-refractivity contribution in [3.63, 3.8) is 0 Å². The SMILES string of the molecule is CC(C)C[C@H](NC(=O)OCc1ccccc1)C(=O)N[C@@H](CC(C)C)C(=O)N[C@@H](CC(C)C)[C@@H](O)CS(C)(=O)=O. The van der Waals surface area contributed by atoms with Gasteiger partial charge in [0.1, 0.15) is 28.5 Å². The molecular weight excluding hydrogens is 522 g/mol. The fraction of sp³-hybridized carbons (Fsp3) is 0.679. The number of carbonyl (C=O) groups excluding carboxylic acids is 3. The second-order valence-electron chi connectivity index (χ2n) is 11.5. The van der Waals surface area contributed by atoms with Gasteiger partial charge in [-0.2, -0.15) is 0 Å². The van der Waals surface area contributed by atoms with Crippen molar-refractivity contribution in [1.82, 2.24) is 16.0 Å². The average Bonchev–Trinajstić information content (AvgIpc) is 2.80. The Morgan fingerprint density at radius 1 is 0.795 bits per heavy atom. The lowest BCUT2D eigenvalue weighted by Gasteiger charge is -2.29. The molecule has 0 saturated heterocycles. The minimum Gasteiger partial charge on any atom is -0.445 e. The van der Waals surface area contributed by atoms with E-state index in [1.807, 2.05) is 71.9 Å². The van der Waals surface area contributed by atoms with Crippen LogP contribution in [-0.2, 0) is 30.8 Å². The summed E-state index contributed by atoms with van der Waals surface area (Å²) in [5, 5.41) is 18.7. The van der Waals surface area contributed by atoms with E-state index in [1.165, 1.54) is 0 Å². The molecule has 0 aromatic heterocycles. The van der Waals surface area contributed by atoms with E-state index in [0.717, 1.165) is 11.8 Å². The molecule has 222 valence electrons. The minimum atomic E-state index is -3.48. The Hall–Kier alpha value is -2.66. The van der Waals surface area contributed by atoms with Crippen LogP contribution in [0.1, 0.15) is 66.4 Å². The molecule has 0 unspecified atom stereocenters. The third kappa shape index (κ3) is 14.9. The summed E-state index contributed by atoms with van der Waals surface area (Å²) in [5.74, 6) is -1.36. The molecule has 11 heteroatoms. The zero-order valence-corrected chi connectivity index (χ0v) is 25.1. The lowest BCUT2D eigenvalue weighted by Crippen LogP contribution is -2.57. The Morgan fingerprint density at radius 2 is 1.28 bits per heavy atom. The summed E-state index contributed by atoms with van der Waals surface area (Å²) in [5.41, 5.74) is 0.806. The van der Waals surface area contributed by atoms with Gasteiger partial charge in [0.05, 0.1) is 17.9 Å². The van der Waals surface area contributed by atoms with Crippen molar-refractivity contribution in [2.75, 3.05) is 12.0 Å². The smallest absolute Gasteiger partial charge is 0.408 e. The van der Waals surface area contributed by atoms with E-state index in [4.69, 9.17) is 4.74 Å². The van der Waals surface area contributed by atoms with E-state index >= 15 is 0 Å². The van der Waals surface area contributed by atoms with E-state index in [-0.39, 0.29) is 24.4 Å². The van der Waals surface area contributed by atoms with Crippen LogP contribution < -0.4 is 16.0 Å². The third-order valence-electron chi connectivity index (χ3n) is 5.86. The fourth-order valence-electron chi connectivity index (χ4n) is 4.11. The normalized spacial score (nSPS) is 14.9. The number of alkyl carbamates (subject to hydrolysis) is 1. The topological polar surface area (TPSA) is 151 Å². The first-order valence-corrected chi connectivity index (χ1v) is 15.6. The van der Waals surface area contributed by atoms with Gasteiger partial charge >= 0.3 is 6.09 Å². The van der Waals surface area contributed by atoms with Crippen molar-refractivity contribution >= 4 is 27.7 Å². The van der Waals surface area contributed by atoms with Gasteiger partial charge in [0.15, 0.2) is 0 Å². The second-order valence-corrected chi connectivity index (χ2v) is 13.7. The molecule has 1 aromatic carbocycles. The Kier molecular flexibility index (Phi) is 14.5. The highest BCUT2D eigenvalue weighted by molar-refractivity contribution is 7.90. The van der Waals surface area contributed by atoms with Crippen LogP contribution >= 0.6 is 0 Å². The zero-order chi connectivity index (χ0) is 29.8. The van der Waals surface area contributed by atoms with Crippen LogP contribution in [-0.4, -0.2) is 67.7 Å². The number of aliphatic hydroxyl groups is 1. The molecule has 39 heavy (non-hydrogen) atoms. The molecule has 0 aliphatic heterocycles. The van der Waals surface area contributed by atoms with Crippen LogP contribution in [0, 0.1) is 17.8 Å². The Balaban J connectivity index is 2.99. The summed E-state index contributed by atoms with van der Waals surface area (Å²) in [6.07, 6.45) is -0.0251. The maximum atomic E-state index is 13.3. The summed E-state index contributed by atoms with van der Waals surface area (Å²) in [6.45, 7) is 11.5. The zero-order valence-electron chi connectivity index (χ0n) is 24.3.